The number of aromatic amines is 1. The molecule has 0 aliphatic carbocycles. The Morgan fingerprint density at radius 3 is 2.31 bits per heavy atom. The van der Waals surface area contributed by atoms with E-state index < -0.39 is 5.76 Å². The first-order valence-corrected chi connectivity index (χ1v) is 9.02. The SMILES string of the molecule is Cc1ccc(NC(=O)CSCC(=O)Nc2ccc3oc(=O)[nH]c3c2)cc1. The highest BCUT2D eigenvalue weighted by atomic mass is 32.2. The summed E-state index contributed by atoms with van der Waals surface area (Å²) in [6.45, 7) is 1.97. The third kappa shape index (κ3) is 4.76. The molecule has 1 aromatic heterocycles. The maximum atomic E-state index is 12.0. The number of hydrogen-bond donors (Lipinski definition) is 3. The van der Waals surface area contributed by atoms with E-state index in [1.165, 1.54) is 11.8 Å². The number of amides is 2. The topological polar surface area (TPSA) is 104 Å². The van der Waals surface area contributed by atoms with Crippen molar-refractivity contribution >= 4 is 46.1 Å². The molecule has 0 unspecified atom stereocenters. The summed E-state index contributed by atoms with van der Waals surface area (Å²) in [4.78, 5) is 37.5. The third-order valence-electron chi connectivity index (χ3n) is 3.50. The summed E-state index contributed by atoms with van der Waals surface area (Å²) in [5.41, 5.74) is 3.33. The standard InChI is InChI=1S/C18H17N3O4S/c1-11-2-4-12(5-3-11)19-16(22)9-26-10-17(23)20-13-6-7-15-14(8-13)21-18(24)25-15/h2-8H,9-10H2,1H3,(H,19,22)(H,20,23)(H,21,24). The zero-order chi connectivity index (χ0) is 18.5. The molecule has 0 spiro atoms. The van der Waals surface area contributed by atoms with Gasteiger partial charge in [-0.1, -0.05) is 17.7 Å². The van der Waals surface area contributed by atoms with Crippen LogP contribution in [0.3, 0.4) is 0 Å². The van der Waals surface area contributed by atoms with Gasteiger partial charge in [0.05, 0.1) is 17.0 Å². The fourth-order valence-corrected chi connectivity index (χ4v) is 2.91. The van der Waals surface area contributed by atoms with Gasteiger partial charge in [0.15, 0.2) is 5.58 Å². The highest BCUT2D eigenvalue weighted by Crippen LogP contribution is 2.16. The molecule has 0 radical (unpaired) electrons. The minimum atomic E-state index is -0.543. The van der Waals surface area contributed by atoms with Crippen LogP contribution in [-0.2, 0) is 9.59 Å². The molecule has 3 N–H and O–H groups in total. The van der Waals surface area contributed by atoms with Gasteiger partial charge in [-0.3, -0.25) is 14.6 Å². The summed E-state index contributed by atoms with van der Waals surface area (Å²) in [5.74, 6) is -0.623. The minimum Gasteiger partial charge on any atom is -0.408 e. The highest BCUT2D eigenvalue weighted by molar-refractivity contribution is 8.00. The lowest BCUT2D eigenvalue weighted by molar-refractivity contribution is -0.114. The predicted octanol–water partition coefficient (Wildman–Crippen LogP) is 2.74. The molecule has 0 aliphatic heterocycles. The van der Waals surface area contributed by atoms with E-state index in [1.807, 2.05) is 31.2 Å². The van der Waals surface area contributed by atoms with E-state index in [-0.39, 0.29) is 23.3 Å². The van der Waals surface area contributed by atoms with Crippen LogP contribution in [0.4, 0.5) is 11.4 Å². The molecule has 8 heteroatoms. The van der Waals surface area contributed by atoms with Crippen LogP contribution in [0.15, 0.2) is 51.7 Å². The first-order valence-electron chi connectivity index (χ1n) is 7.86. The fraction of sp³-hybridized carbons (Fsp3) is 0.167. The molecule has 0 saturated heterocycles. The Hall–Kier alpha value is -3.00. The molecule has 3 aromatic rings. The van der Waals surface area contributed by atoms with Crippen molar-refractivity contribution in [3.63, 3.8) is 0 Å². The lowest BCUT2D eigenvalue weighted by Gasteiger charge is -2.06. The Kier molecular flexibility index (Phi) is 5.43. The number of aromatic nitrogens is 1. The number of carbonyl (C=O) groups excluding carboxylic acids is 2. The molecule has 7 nitrogen and oxygen atoms in total. The van der Waals surface area contributed by atoms with Crippen molar-refractivity contribution in [2.45, 2.75) is 6.92 Å². The normalized spacial score (nSPS) is 10.7. The molecular weight excluding hydrogens is 354 g/mol. The summed E-state index contributed by atoms with van der Waals surface area (Å²) < 4.78 is 4.90. The number of thioether (sulfide) groups is 1. The van der Waals surface area contributed by atoms with Crippen LogP contribution in [0.5, 0.6) is 0 Å². The Morgan fingerprint density at radius 1 is 1.00 bits per heavy atom. The first kappa shape index (κ1) is 17.8. The summed E-state index contributed by atoms with van der Waals surface area (Å²) in [5, 5.41) is 5.50. The predicted molar refractivity (Wildman–Crippen MR) is 103 cm³/mol. The molecule has 1 heterocycles. The largest absolute Gasteiger partial charge is 0.417 e. The highest BCUT2D eigenvalue weighted by Gasteiger charge is 2.08. The molecule has 0 fully saturated rings. The van der Waals surface area contributed by atoms with E-state index in [0.717, 1.165) is 11.3 Å². The maximum Gasteiger partial charge on any atom is 0.417 e. The third-order valence-corrected chi connectivity index (χ3v) is 4.44. The lowest BCUT2D eigenvalue weighted by atomic mass is 10.2. The van der Waals surface area contributed by atoms with Crippen LogP contribution in [0.1, 0.15) is 5.56 Å². The monoisotopic (exact) mass is 371 g/mol. The van der Waals surface area contributed by atoms with E-state index in [9.17, 15) is 14.4 Å². The maximum absolute atomic E-state index is 12.0. The molecular formula is C18H17N3O4S. The molecule has 2 aromatic carbocycles. The first-order chi connectivity index (χ1) is 12.5. The summed E-state index contributed by atoms with van der Waals surface area (Å²) in [7, 11) is 0. The van der Waals surface area contributed by atoms with Crippen molar-refractivity contribution in [1.82, 2.24) is 4.98 Å². The number of hydrogen-bond acceptors (Lipinski definition) is 5. The van der Waals surface area contributed by atoms with Crippen molar-refractivity contribution in [3.05, 3.63) is 58.6 Å². The van der Waals surface area contributed by atoms with Gasteiger partial charge < -0.3 is 15.1 Å². The van der Waals surface area contributed by atoms with Crippen LogP contribution in [0, 0.1) is 6.92 Å². The molecule has 0 bridgehead atoms. The van der Waals surface area contributed by atoms with Gasteiger partial charge in [-0.15, -0.1) is 11.8 Å². The van der Waals surface area contributed by atoms with Crippen LogP contribution >= 0.6 is 11.8 Å². The number of carbonyl (C=O) groups is 2. The second kappa shape index (κ2) is 7.92. The number of fused-ring (bicyclic) bond motifs is 1. The van der Waals surface area contributed by atoms with Gasteiger partial charge in [0.25, 0.3) is 0 Å². The second-order valence-electron chi connectivity index (χ2n) is 5.68. The Labute approximate surface area is 153 Å². The van der Waals surface area contributed by atoms with Gasteiger partial charge in [-0.05, 0) is 37.3 Å². The number of H-pyrrole nitrogens is 1. The Morgan fingerprint density at radius 2 is 1.62 bits per heavy atom. The van der Waals surface area contributed by atoms with Crippen LogP contribution in [0.2, 0.25) is 0 Å². The quantitative estimate of drug-likeness (QED) is 0.618. The number of nitrogens with one attached hydrogen (secondary N) is 3. The summed E-state index contributed by atoms with van der Waals surface area (Å²) in [6, 6.07) is 12.4. The van der Waals surface area contributed by atoms with E-state index in [4.69, 9.17) is 4.42 Å². The van der Waals surface area contributed by atoms with Crippen molar-refractivity contribution in [2.24, 2.45) is 0 Å². The molecule has 0 atom stereocenters. The van der Waals surface area contributed by atoms with E-state index in [1.54, 1.807) is 18.2 Å². The van der Waals surface area contributed by atoms with Crippen molar-refractivity contribution in [1.29, 1.82) is 0 Å². The minimum absolute atomic E-state index is 0.140. The van der Waals surface area contributed by atoms with E-state index >= 15 is 0 Å². The van der Waals surface area contributed by atoms with Gasteiger partial charge in [0, 0.05) is 11.4 Å². The molecule has 26 heavy (non-hydrogen) atoms. The van der Waals surface area contributed by atoms with Crippen LogP contribution < -0.4 is 16.4 Å². The molecule has 0 aliphatic rings. The number of rotatable bonds is 6. The van der Waals surface area contributed by atoms with Crippen LogP contribution in [0.25, 0.3) is 11.1 Å². The zero-order valence-electron chi connectivity index (χ0n) is 14.0. The van der Waals surface area contributed by atoms with Crippen molar-refractivity contribution < 1.29 is 14.0 Å². The van der Waals surface area contributed by atoms with E-state index in [2.05, 4.69) is 15.6 Å². The van der Waals surface area contributed by atoms with E-state index in [0.29, 0.717) is 16.8 Å². The molecule has 3 rings (SSSR count). The van der Waals surface area contributed by atoms with Crippen LogP contribution in [-0.4, -0.2) is 28.3 Å². The number of anilines is 2. The summed E-state index contributed by atoms with van der Waals surface area (Å²) >= 11 is 1.22. The number of oxazole rings is 1. The number of aryl methyl sites for hydroxylation is 1. The molecule has 2 amide bonds. The number of benzene rings is 2. The molecule has 0 saturated carbocycles. The second-order valence-corrected chi connectivity index (χ2v) is 6.67. The molecule has 134 valence electrons. The average molecular weight is 371 g/mol. The summed E-state index contributed by atoms with van der Waals surface area (Å²) in [6.07, 6.45) is 0. The van der Waals surface area contributed by atoms with Gasteiger partial charge in [0.2, 0.25) is 11.8 Å². The van der Waals surface area contributed by atoms with Gasteiger partial charge in [0.1, 0.15) is 0 Å². The fourth-order valence-electron chi connectivity index (χ4n) is 2.30. The lowest BCUT2D eigenvalue weighted by Crippen LogP contribution is -2.18. The smallest absolute Gasteiger partial charge is 0.408 e. The Bertz CT molecular complexity index is 992. The Balaban J connectivity index is 1.45. The van der Waals surface area contributed by atoms with Gasteiger partial charge in [-0.25, -0.2) is 4.79 Å². The van der Waals surface area contributed by atoms with Gasteiger partial charge in [-0.2, -0.15) is 0 Å². The average Bonchev–Trinajstić information content (AvgIpc) is 2.96. The van der Waals surface area contributed by atoms with Crippen molar-refractivity contribution in [3.8, 4) is 0 Å². The zero-order valence-corrected chi connectivity index (χ0v) is 14.8. The van der Waals surface area contributed by atoms with Crippen molar-refractivity contribution in [2.75, 3.05) is 22.1 Å². The van der Waals surface area contributed by atoms with Gasteiger partial charge >= 0.3 is 5.76 Å².